The molecule has 1 fully saturated rings. The highest BCUT2D eigenvalue weighted by Gasteiger charge is 2.35. The Morgan fingerprint density at radius 1 is 0.939 bits per heavy atom. The number of amides is 2. The number of hydrogen-bond acceptors (Lipinski definition) is 3. The molecule has 1 aliphatic heterocycles. The van der Waals surface area contributed by atoms with Crippen LogP contribution in [0.15, 0.2) is 77.7 Å². The van der Waals surface area contributed by atoms with E-state index in [0.717, 1.165) is 54.3 Å². The predicted molar refractivity (Wildman–Crippen MR) is 143 cm³/mol. The van der Waals surface area contributed by atoms with Crippen molar-refractivity contribution in [2.45, 2.75) is 20.4 Å². The second-order valence-electron chi connectivity index (χ2n) is 8.05. The van der Waals surface area contributed by atoms with E-state index in [9.17, 15) is 9.59 Å². The number of benzene rings is 3. The lowest BCUT2D eigenvalue weighted by atomic mass is 10.0. The molecule has 1 saturated heterocycles. The van der Waals surface area contributed by atoms with Crippen molar-refractivity contribution in [3.63, 3.8) is 0 Å². The Morgan fingerprint density at radius 3 is 2.52 bits per heavy atom. The van der Waals surface area contributed by atoms with Crippen molar-refractivity contribution in [3.05, 3.63) is 104 Å². The summed E-state index contributed by atoms with van der Waals surface area (Å²) in [4.78, 5) is 27.8. The zero-order chi connectivity index (χ0) is 23.1. The van der Waals surface area contributed by atoms with Gasteiger partial charge in [0, 0.05) is 20.6 Å². The fourth-order valence-corrected chi connectivity index (χ4v) is 5.68. The fraction of sp³-hybridized carbons (Fsp3) is 0.111. The van der Waals surface area contributed by atoms with Crippen LogP contribution in [0.3, 0.4) is 0 Å². The summed E-state index contributed by atoms with van der Waals surface area (Å²) in [5.41, 5.74) is 5.11. The number of hydrogen-bond donors (Lipinski definition) is 0. The van der Waals surface area contributed by atoms with Gasteiger partial charge in [0.25, 0.3) is 11.1 Å². The lowest BCUT2D eigenvalue weighted by Crippen LogP contribution is -2.27. The van der Waals surface area contributed by atoms with Gasteiger partial charge in [-0.15, -0.1) is 0 Å². The summed E-state index contributed by atoms with van der Waals surface area (Å²) in [6.07, 6.45) is 1.85. The number of aryl methyl sites for hydroxylation is 1. The molecule has 0 aliphatic carbocycles. The standard InChI is InChI=1S/C27H21IN2O2S/c1-17-13-21(18(2)30(17)23-11-6-10-22(28)15-23)14-25-26(31)29(27(32)33-25)16-20-9-5-8-19-7-3-4-12-24(19)20/h3-15H,16H2,1-2H3/b25-14+. The number of halogens is 1. The lowest BCUT2D eigenvalue weighted by molar-refractivity contribution is -0.123. The van der Waals surface area contributed by atoms with Crippen molar-refractivity contribution in [3.8, 4) is 5.69 Å². The topological polar surface area (TPSA) is 42.3 Å². The molecule has 0 saturated carbocycles. The Kier molecular flexibility index (Phi) is 5.88. The highest BCUT2D eigenvalue weighted by atomic mass is 127. The SMILES string of the molecule is Cc1cc(/C=C2/SC(=O)N(Cc3cccc4ccccc34)C2=O)c(C)n1-c1cccc(I)c1. The molecule has 1 aromatic heterocycles. The van der Waals surface area contributed by atoms with Crippen molar-refractivity contribution in [2.75, 3.05) is 0 Å². The third-order valence-corrected chi connectivity index (χ3v) is 7.48. The van der Waals surface area contributed by atoms with Crippen LogP contribution in [-0.2, 0) is 11.3 Å². The minimum Gasteiger partial charge on any atom is -0.318 e. The molecule has 0 spiro atoms. The van der Waals surface area contributed by atoms with Gasteiger partial charge in [0.2, 0.25) is 0 Å². The summed E-state index contributed by atoms with van der Waals surface area (Å²) >= 11 is 3.32. The fourth-order valence-electron chi connectivity index (χ4n) is 4.32. The van der Waals surface area contributed by atoms with Crippen LogP contribution in [0.4, 0.5) is 4.79 Å². The molecule has 0 bridgehead atoms. The highest BCUT2D eigenvalue weighted by molar-refractivity contribution is 14.1. The molecule has 4 nitrogen and oxygen atoms in total. The van der Waals surface area contributed by atoms with Gasteiger partial charge in [-0.25, -0.2) is 0 Å². The third kappa shape index (κ3) is 4.13. The Balaban J connectivity index is 1.46. The van der Waals surface area contributed by atoms with Crippen LogP contribution in [0, 0.1) is 17.4 Å². The summed E-state index contributed by atoms with van der Waals surface area (Å²) < 4.78 is 3.34. The van der Waals surface area contributed by atoms with Crippen molar-refractivity contribution in [1.29, 1.82) is 0 Å². The van der Waals surface area contributed by atoms with Crippen molar-refractivity contribution in [1.82, 2.24) is 9.47 Å². The number of imide groups is 1. The van der Waals surface area contributed by atoms with Gasteiger partial charge in [0.15, 0.2) is 0 Å². The molecule has 5 rings (SSSR count). The van der Waals surface area contributed by atoms with E-state index in [1.807, 2.05) is 61.5 Å². The van der Waals surface area contributed by atoms with Crippen LogP contribution in [-0.4, -0.2) is 20.6 Å². The van der Waals surface area contributed by atoms with E-state index in [1.165, 1.54) is 4.90 Å². The molecule has 33 heavy (non-hydrogen) atoms. The first kappa shape index (κ1) is 22.0. The van der Waals surface area contributed by atoms with Crippen LogP contribution in [0.5, 0.6) is 0 Å². The molecule has 0 unspecified atom stereocenters. The van der Waals surface area contributed by atoms with Crippen LogP contribution in [0.2, 0.25) is 0 Å². The summed E-state index contributed by atoms with van der Waals surface area (Å²) in [6.45, 7) is 4.36. The maximum atomic E-state index is 13.2. The smallest absolute Gasteiger partial charge is 0.293 e. The van der Waals surface area contributed by atoms with E-state index in [-0.39, 0.29) is 17.7 Å². The molecular weight excluding hydrogens is 543 g/mol. The van der Waals surface area contributed by atoms with Crippen LogP contribution < -0.4 is 0 Å². The minimum absolute atomic E-state index is 0.231. The number of nitrogens with zero attached hydrogens (tertiary/aromatic N) is 2. The maximum Gasteiger partial charge on any atom is 0.293 e. The van der Waals surface area contributed by atoms with E-state index in [4.69, 9.17) is 0 Å². The highest BCUT2D eigenvalue weighted by Crippen LogP contribution is 2.35. The first-order valence-corrected chi connectivity index (χ1v) is 12.5. The number of carbonyl (C=O) groups is 2. The zero-order valence-corrected chi connectivity index (χ0v) is 21.2. The van der Waals surface area contributed by atoms with Gasteiger partial charge >= 0.3 is 0 Å². The van der Waals surface area contributed by atoms with E-state index in [1.54, 1.807) is 0 Å². The van der Waals surface area contributed by atoms with Crippen LogP contribution in [0.1, 0.15) is 22.5 Å². The molecule has 3 aromatic carbocycles. The lowest BCUT2D eigenvalue weighted by Gasteiger charge is -2.14. The second-order valence-corrected chi connectivity index (χ2v) is 10.3. The molecule has 4 aromatic rings. The van der Waals surface area contributed by atoms with Crippen molar-refractivity contribution < 1.29 is 9.59 Å². The third-order valence-electron chi connectivity index (χ3n) is 5.91. The van der Waals surface area contributed by atoms with Gasteiger partial charge in [-0.05, 0) is 100 Å². The average molecular weight is 564 g/mol. The second kappa shape index (κ2) is 8.83. The molecule has 2 amide bonds. The number of aromatic nitrogens is 1. The Labute approximate surface area is 210 Å². The van der Waals surface area contributed by atoms with E-state index in [2.05, 4.69) is 58.3 Å². The van der Waals surface area contributed by atoms with Crippen molar-refractivity contribution in [2.24, 2.45) is 0 Å². The predicted octanol–water partition coefficient (Wildman–Crippen LogP) is 7.09. The monoisotopic (exact) mass is 564 g/mol. The molecule has 164 valence electrons. The largest absolute Gasteiger partial charge is 0.318 e. The van der Waals surface area contributed by atoms with Gasteiger partial charge in [0.05, 0.1) is 11.4 Å². The average Bonchev–Trinajstić information content (AvgIpc) is 3.23. The molecule has 0 atom stereocenters. The summed E-state index contributed by atoms with van der Waals surface area (Å²) in [5, 5.41) is 1.93. The molecule has 0 radical (unpaired) electrons. The van der Waals surface area contributed by atoms with E-state index in [0.29, 0.717) is 4.91 Å². The summed E-state index contributed by atoms with van der Waals surface area (Å²) in [7, 11) is 0. The molecule has 6 heteroatoms. The van der Waals surface area contributed by atoms with Gasteiger partial charge in [-0.1, -0.05) is 48.5 Å². The van der Waals surface area contributed by atoms with E-state index < -0.39 is 0 Å². The minimum atomic E-state index is -0.239. The molecular formula is C27H21IN2O2S. The molecule has 1 aliphatic rings. The van der Waals surface area contributed by atoms with Gasteiger partial charge in [-0.2, -0.15) is 0 Å². The number of carbonyl (C=O) groups excluding carboxylic acids is 2. The van der Waals surface area contributed by atoms with Crippen LogP contribution >= 0.6 is 34.4 Å². The Bertz CT molecular complexity index is 1450. The number of fused-ring (bicyclic) bond motifs is 1. The Morgan fingerprint density at radius 2 is 1.70 bits per heavy atom. The summed E-state index contributed by atoms with van der Waals surface area (Å²) in [5.74, 6) is -0.239. The molecule has 0 N–H and O–H groups in total. The van der Waals surface area contributed by atoms with E-state index >= 15 is 0 Å². The summed E-state index contributed by atoms with van der Waals surface area (Å²) in [6, 6.07) is 24.4. The first-order chi connectivity index (χ1) is 15.9. The normalized spacial score (nSPS) is 15.2. The quantitative estimate of drug-likeness (QED) is 0.196. The maximum absolute atomic E-state index is 13.2. The van der Waals surface area contributed by atoms with Crippen molar-refractivity contribution >= 4 is 62.3 Å². The number of rotatable bonds is 4. The Hall–Kier alpha value is -2.84. The van der Waals surface area contributed by atoms with Gasteiger partial charge < -0.3 is 4.57 Å². The van der Waals surface area contributed by atoms with Gasteiger partial charge in [-0.3, -0.25) is 14.5 Å². The number of thioether (sulfide) groups is 1. The molecule has 2 heterocycles. The van der Waals surface area contributed by atoms with Crippen LogP contribution in [0.25, 0.3) is 22.5 Å². The first-order valence-electron chi connectivity index (χ1n) is 10.6. The van der Waals surface area contributed by atoms with Gasteiger partial charge in [0.1, 0.15) is 0 Å². The zero-order valence-electron chi connectivity index (χ0n) is 18.2.